The van der Waals surface area contributed by atoms with E-state index in [1.807, 2.05) is 73.7 Å². The average molecular weight is 338 g/mol. The van der Waals surface area contributed by atoms with E-state index in [-0.39, 0.29) is 17.6 Å². The van der Waals surface area contributed by atoms with Gasteiger partial charge in [-0.05, 0) is 23.1 Å². The van der Waals surface area contributed by atoms with Crippen LogP contribution in [0.15, 0.2) is 84.9 Å². The maximum absolute atomic E-state index is 13.1. The minimum Gasteiger partial charge on any atom is -0.294 e. The van der Waals surface area contributed by atoms with Gasteiger partial charge in [-0.3, -0.25) is 4.79 Å². The monoisotopic (exact) mass is 338 g/mol. The molecule has 0 aliphatic rings. The van der Waals surface area contributed by atoms with Crippen molar-refractivity contribution in [2.45, 2.75) is 19.3 Å². The molecule has 128 valence electrons. The molecule has 0 aliphatic carbocycles. The second-order valence-corrected chi connectivity index (χ2v) is 6.34. The first-order valence-corrected chi connectivity index (χ1v) is 8.96. The number of hydrogen-bond donors (Lipinski definition) is 0. The normalized spacial score (nSPS) is 12.8. The molecular weight excluding hydrogens is 316 g/mol. The van der Waals surface area contributed by atoms with E-state index >= 15 is 0 Å². The van der Waals surface area contributed by atoms with Crippen LogP contribution in [0.25, 0.3) is 11.1 Å². The van der Waals surface area contributed by atoms with Gasteiger partial charge >= 0.3 is 0 Å². The fraction of sp³-hybridized carbons (Fsp3) is 0.160. The molecule has 0 aliphatic heterocycles. The van der Waals surface area contributed by atoms with Crippen LogP contribution < -0.4 is 0 Å². The molecule has 3 aromatic rings. The fourth-order valence-corrected chi connectivity index (χ4v) is 3.46. The summed E-state index contributed by atoms with van der Waals surface area (Å²) in [6, 6.07) is 27.7. The number of ketones is 1. The Balaban J connectivity index is 2.04. The standard InChI is InChI=1S/C25H22O/c1-3-21(22(4-2)25(26)20-15-9-6-10-16-20)24-18-12-11-17-23(24)19-13-7-5-8-14-19/h1,5-18,21-22H,4H2,2H3/t21-,22-/m1/s1. The predicted molar refractivity (Wildman–Crippen MR) is 108 cm³/mol. The molecule has 26 heavy (non-hydrogen) atoms. The molecule has 0 fully saturated rings. The molecular formula is C25H22O. The van der Waals surface area contributed by atoms with Crippen LogP contribution in [-0.4, -0.2) is 5.78 Å². The first-order chi connectivity index (χ1) is 12.8. The Morgan fingerprint density at radius 3 is 2.08 bits per heavy atom. The van der Waals surface area contributed by atoms with E-state index in [0.29, 0.717) is 6.42 Å². The van der Waals surface area contributed by atoms with E-state index in [4.69, 9.17) is 6.42 Å². The Labute approximate surface area is 155 Å². The van der Waals surface area contributed by atoms with Crippen LogP contribution in [0.2, 0.25) is 0 Å². The Hall–Kier alpha value is -3.11. The van der Waals surface area contributed by atoms with Crippen LogP contribution in [0, 0.1) is 18.3 Å². The zero-order valence-corrected chi connectivity index (χ0v) is 14.9. The second-order valence-electron chi connectivity index (χ2n) is 6.34. The lowest BCUT2D eigenvalue weighted by atomic mass is 9.78. The molecule has 0 saturated carbocycles. The van der Waals surface area contributed by atoms with Crippen molar-refractivity contribution in [2.75, 3.05) is 0 Å². The summed E-state index contributed by atoms with van der Waals surface area (Å²) in [5.74, 6) is 2.52. The van der Waals surface area contributed by atoms with Crippen LogP contribution in [0.1, 0.15) is 35.2 Å². The van der Waals surface area contributed by atoms with Gasteiger partial charge in [-0.15, -0.1) is 6.42 Å². The number of rotatable bonds is 6. The zero-order chi connectivity index (χ0) is 18.4. The van der Waals surface area contributed by atoms with Crippen LogP contribution in [0.3, 0.4) is 0 Å². The molecule has 0 aromatic heterocycles. The summed E-state index contributed by atoms with van der Waals surface area (Å²) in [5.41, 5.74) is 3.97. The third kappa shape index (κ3) is 3.60. The molecule has 0 bridgehead atoms. The van der Waals surface area contributed by atoms with Gasteiger partial charge in [-0.25, -0.2) is 0 Å². The van der Waals surface area contributed by atoms with E-state index in [0.717, 1.165) is 22.3 Å². The van der Waals surface area contributed by atoms with Crippen LogP contribution in [0.5, 0.6) is 0 Å². The largest absolute Gasteiger partial charge is 0.294 e. The highest BCUT2D eigenvalue weighted by Gasteiger charge is 2.29. The van der Waals surface area contributed by atoms with E-state index < -0.39 is 0 Å². The number of Topliss-reactive ketones (excluding diaryl/α,β-unsaturated/α-hetero) is 1. The highest BCUT2D eigenvalue weighted by molar-refractivity contribution is 5.98. The SMILES string of the molecule is C#C[C@@H](c1ccccc1-c1ccccc1)[C@@H](CC)C(=O)c1ccccc1. The summed E-state index contributed by atoms with van der Waals surface area (Å²) in [6.45, 7) is 2.03. The molecule has 0 N–H and O–H groups in total. The predicted octanol–water partition coefficient (Wildman–Crippen LogP) is 5.98. The van der Waals surface area contributed by atoms with Crippen molar-refractivity contribution in [1.29, 1.82) is 0 Å². The Bertz CT molecular complexity index is 904. The van der Waals surface area contributed by atoms with Crippen molar-refractivity contribution in [2.24, 2.45) is 5.92 Å². The molecule has 0 heterocycles. The Kier molecular flexibility index (Phi) is 5.66. The minimum absolute atomic E-state index is 0.110. The lowest BCUT2D eigenvalue weighted by Crippen LogP contribution is -2.22. The van der Waals surface area contributed by atoms with Crippen molar-refractivity contribution in [1.82, 2.24) is 0 Å². The topological polar surface area (TPSA) is 17.1 Å². The average Bonchev–Trinajstić information content (AvgIpc) is 2.73. The van der Waals surface area contributed by atoms with Crippen molar-refractivity contribution < 1.29 is 4.79 Å². The van der Waals surface area contributed by atoms with Gasteiger partial charge in [0.15, 0.2) is 5.78 Å². The summed E-state index contributed by atoms with van der Waals surface area (Å²) in [4.78, 5) is 13.1. The summed E-state index contributed by atoms with van der Waals surface area (Å²) in [5, 5.41) is 0. The number of benzene rings is 3. The molecule has 0 saturated heterocycles. The molecule has 1 nitrogen and oxygen atoms in total. The van der Waals surface area contributed by atoms with E-state index in [9.17, 15) is 4.79 Å². The third-order valence-corrected chi connectivity index (χ3v) is 4.80. The van der Waals surface area contributed by atoms with Gasteiger partial charge in [-0.2, -0.15) is 0 Å². The van der Waals surface area contributed by atoms with Gasteiger partial charge in [0.05, 0.1) is 5.92 Å². The number of carbonyl (C=O) groups is 1. The van der Waals surface area contributed by atoms with Gasteiger partial charge in [-0.1, -0.05) is 97.8 Å². The van der Waals surface area contributed by atoms with Crippen molar-refractivity contribution in [3.8, 4) is 23.5 Å². The lowest BCUT2D eigenvalue weighted by Gasteiger charge is -2.24. The quantitative estimate of drug-likeness (QED) is 0.399. The minimum atomic E-state index is -0.260. The van der Waals surface area contributed by atoms with E-state index in [1.165, 1.54) is 0 Å². The van der Waals surface area contributed by atoms with Gasteiger partial charge in [0.25, 0.3) is 0 Å². The highest BCUT2D eigenvalue weighted by atomic mass is 16.1. The van der Waals surface area contributed by atoms with Gasteiger partial charge in [0, 0.05) is 11.5 Å². The maximum atomic E-state index is 13.1. The fourth-order valence-electron chi connectivity index (χ4n) is 3.46. The highest BCUT2D eigenvalue weighted by Crippen LogP contribution is 2.36. The summed E-state index contributed by atoms with van der Waals surface area (Å²) < 4.78 is 0. The van der Waals surface area contributed by atoms with Crippen molar-refractivity contribution in [3.63, 3.8) is 0 Å². The molecule has 3 rings (SSSR count). The smallest absolute Gasteiger partial charge is 0.167 e. The molecule has 0 radical (unpaired) electrons. The molecule has 1 heteroatoms. The zero-order valence-electron chi connectivity index (χ0n) is 14.9. The van der Waals surface area contributed by atoms with Gasteiger partial charge < -0.3 is 0 Å². The number of terminal acetylenes is 1. The summed E-state index contributed by atoms with van der Waals surface area (Å²) in [7, 11) is 0. The molecule has 0 spiro atoms. The van der Waals surface area contributed by atoms with Crippen LogP contribution in [0.4, 0.5) is 0 Å². The summed E-state index contributed by atoms with van der Waals surface area (Å²) in [6.07, 6.45) is 6.64. The van der Waals surface area contributed by atoms with Crippen LogP contribution in [-0.2, 0) is 0 Å². The molecule has 3 aromatic carbocycles. The Morgan fingerprint density at radius 2 is 1.46 bits per heavy atom. The Morgan fingerprint density at radius 1 is 0.885 bits per heavy atom. The second kappa shape index (κ2) is 8.32. The first kappa shape index (κ1) is 17.7. The molecule has 0 amide bonds. The molecule has 0 unspecified atom stereocenters. The van der Waals surface area contributed by atoms with Gasteiger partial charge in [0.1, 0.15) is 0 Å². The lowest BCUT2D eigenvalue weighted by molar-refractivity contribution is 0.0908. The maximum Gasteiger partial charge on any atom is 0.167 e. The first-order valence-electron chi connectivity index (χ1n) is 8.96. The number of hydrogen-bond acceptors (Lipinski definition) is 1. The van der Waals surface area contributed by atoms with Crippen LogP contribution >= 0.6 is 0 Å². The number of carbonyl (C=O) groups excluding carboxylic acids is 1. The van der Waals surface area contributed by atoms with Crippen molar-refractivity contribution >= 4 is 5.78 Å². The van der Waals surface area contributed by atoms with E-state index in [1.54, 1.807) is 0 Å². The third-order valence-electron chi connectivity index (χ3n) is 4.80. The molecule has 2 atom stereocenters. The van der Waals surface area contributed by atoms with Gasteiger partial charge in [0.2, 0.25) is 0 Å². The summed E-state index contributed by atoms with van der Waals surface area (Å²) >= 11 is 0. The van der Waals surface area contributed by atoms with E-state index in [2.05, 4.69) is 24.1 Å². The van der Waals surface area contributed by atoms with Crippen molar-refractivity contribution in [3.05, 3.63) is 96.1 Å².